The van der Waals surface area contributed by atoms with Gasteiger partial charge in [-0.15, -0.1) is 0 Å². The Labute approximate surface area is 232 Å². The average Bonchev–Trinajstić information content (AvgIpc) is 3.51. The number of aromatic amines is 1. The number of carbonyl (C=O) groups excluding carboxylic acids is 2. The zero-order valence-electron chi connectivity index (χ0n) is 22.7. The quantitative estimate of drug-likeness (QED) is 0.244. The zero-order chi connectivity index (χ0) is 29.5. The Bertz CT molecular complexity index is 1650. The van der Waals surface area contributed by atoms with Crippen LogP contribution in [-0.2, 0) is 22.3 Å². The fourth-order valence-corrected chi connectivity index (χ4v) is 4.56. The number of rotatable bonds is 5. The molecule has 1 unspecified atom stereocenters. The summed E-state index contributed by atoms with van der Waals surface area (Å²) < 4.78 is 46.7. The molecule has 2 aromatic heterocycles. The van der Waals surface area contributed by atoms with Crippen molar-refractivity contribution in [1.29, 1.82) is 0 Å². The van der Waals surface area contributed by atoms with Gasteiger partial charge in [-0.3, -0.25) is 9.89 Å². The smallest absolute Gasteiger partial charge is 0.416 e. The van der Waals surface area contributed by atoms with Gasteiger partial charge in [0, 0.05) is 22.8 Å². The molecule has 1 atom stereocenters. The van der Waals surface area contributed by atoms with E-state index >= 15 is 0 Å². The van der Waals surface area contributed by atoms with Gasteiger partial charge in [-0.05, 0) is 63.6 Å². The average molecular weight is 568 g/mol. The molecule has 0 spiro atoms. The third kappa shape index (κ3) is 6.03. The number of aromatic nitrogens is 4. The van der Waals surface area contributed by atoms with Crippen molar-refractivity contribution in [3.8, 4) is 0 Å². The highest BCUT2D eigenvalue weighted by Crippen LogP contribution is 2.38. The Morgan fingerprint density at radius 3 is 2.49 bits per heavy atom. The van der Waals surface area contributed by atoms with E-state index in [0.29, 0.717) is 28.5 Å². The maximum Gasteiger partial charge on any atom is 0.416 e. The summed E-state index contributed by atoms with van der Waals surface area (Å²) in [7, 11) is 0. The second kappa shape index (κ2) is 10.3. The number of amides is 2. The first kappa shape index (κ1) is 27.7. The maximum absolute atomic E-state index is 13.7. The Morgan fingerprint density at radius 2 is 1.80 bits per heavy atom. The highest BCUT2D eigenvalue weighted by Gasteiger charge is 2.35. The molecule has 0 fully saturated rings. The molecule has 0 aliphatic carbocycles. The van der Waals surface area contributed by atoms with E-state index in [1.54, 1.807) is 58.2 Å². The molecule has 10 nitrogen and oxygen atoms in total. The van der Waals surface area contributed by atoms with E-state index in [9.17, 15) is 22.8 Å². The number of alkyl halides is 3. The molecule has 214 valence electrons. The van der Waals surface area contributed by atoms with Gasteiger partial charge in [0.25, 0.3) is 5.91 Å². The number of hydrogen-bond acceptors (Lipinski definition) is 6. The summed E-state index contributed by atoms with van der Waals surface area (Å²) >= 11 is 0. The largest absolute Gasteiger partial charge is 0.444 e. The fourth-order valence-electron chi connectivity index (χ4n) is 4.56. The number of carbonyl (C=O) groups is 2. The summed E-state index contributed by atoms with van der Waals surface area (Å²) in [6.45, 7) is 6.97. The molecule has 41 heavy (non-hydrogen) atoms. The number of halogens is 3. The molecular weight excluding hydrogens is 539 g/mol. The molecule has 13 heteroatoms. The normalized spacial score (nSPS) is 15.3. The molecule has 0 radical (unpaired) electrons. The fraction of sp³-hybridized carbons (Fsp3) is 0.286. The van der Waals surface area contributed by atoms with E-state index < -0.39 is 35.4 Å². The molecule has 1 aliphatic heterocycles. The number of nitrogens with zero attached hydrogens (tertiary/aromatic N) is 3. The van der Waals surface area contributed by atoms with Crippen LogP contribution in [0.3, 0.4) is 0 Å². The van der Waals surface area contributed by atoms with Crippen molar-refractivity contribution in [3.05, 3.63) is 82.8 Å². The Balaban J connectivity index is 1.48. The maximum atomic E-state index is 13.7. The number of ether oxygens (including phenoxy) is 1. The summed E-state index contributed by atoms with van der Waals surface area (Å²) in [5, 5.41) is 20.9. The van der Waals surface area contributed by atoms with Crippen molar-refractivity contribution in [3.63, 3.8) is 0 Å². The molecule has 2 amide bonds. The minimum Gasteiger partial charge on any atom is -0.444 e. The van der Waals surface area contributed by atoms with Crippen LogP contribution in [0.25, 0.3) is 10.9 Å². The van der Waals surface area contributed by atoms with Gasteiger partial charge in [0.2, 0.25) is 0 Å². The van der Waals surface area contributed by atoms with Crippen LogP contribution < -0.4 is 16.0 Å². The van der Waals surface area contributed by atoms with Crippen LogP contribution in [0.15, 0.2) is 66.0 Å². The van der Waals surface area contributed by atoms with Gasteiger partial charge in [-0.2, -0.15) is 23.4 Å². The topological polar surface area (TPSA) is 126 Å². The first-order valence-electron chi connectivity index (χ1n) is 12.7. The molecule has 4 N–H and O–H groups in total. The summed E-state index contributed by atoms with van der Waals surface area (Å²) in [6.07, 6.45) is -3.51. The Hall–Kier alpha value is -4.81. The molecule has 2 aromatic carbocycles. The standard InChI is InChI=1S/C28H28F3N7O3/c1-15-23(25(39)35-19-9-10-21-17(11-19)13-33-36-21)24(16-5-7-18(8-6-16)28(29,30)31)38-22(34-15)12-20(37-38)14-32-26(40)41-27(2,3)4/h5-13,24,34H,14H2,1-4H3,(H,32,40)(H,33,36)(H,35,39). The number of benzene rings is 2. The van der Waals surface area contributed by atoms with Crippen molar-refractivity contribution < 1.29 is 27.5 Å². The van der Waals surface area contributed by atoms with E-state index in [4.69, 9.17) is 4.74 Å². The second-order valence-corrected chi connectivity index (χ2v) is 10.6. The van der Waals surface area contributed by atoms with Gasteiger partial charge >= 0.3 is 12.3 Å². The first-order chi connectivity index (χ1) is 19.3. The number of alkyl carbamates (subject to hydrolysis) is 1. The molecule has 5 rings (SSSR count). The van der Waals surface area contributed by atoms with Crippen molar-refractivity contribution >= 4 is 34.4 Å². The zero-order valence-corrected chi connectivity index (χ0v) is 22.7. The summed E-state index contributed by atoms with van der Waals surface area (Å²) in [4.78, 5) is 25.9. The lowest BCUT2D eigenvalue weighted by Gasteiger charge is -2.30. The van der Waals surface area contributed by atoms with Gasteiger partial charge in [0.05, 0.1) is 35.1 Å². The van der Waals surface area contributed by atoms with Gasteiger partial charge in [0.15, 0.2) is 0 Å². The molecule has 3 heterocycles. The molecular formula is C28H28F3N7O3. The highest BCUT2D eigenvalue weighted by atomic mass is 19.4. The molecule has 0 saturated heterocycles. The monoisotopic (exact) mass is 567 g/mol. The lowest BCUT2D eigenvalue weighted by molar-refractivity contribution is -0.137. The second-order valence-electron chi connectivity index (χ2n) is 10.6. The lowest BCUT2D eigenvalue weighted by Crippen LogP contribution is -2.32. The Morgan fingerprint density at radius 1 is 1.07 bits per heavy atom. The molecule has 0 saturated carbocycles. The Kier molecular flexibility index (Phi) is 6.97. The summed E-state index contributed by atoms with van der Waals surface area (Å²) in [6, 6.07) is 10.7. The van der Waals surface area contributed by atoms with Crippen molar-refractivity contribution in [2.45, 2.75) is 52.1 Å². The van der Waals surface area contributed by atoms with Crippen LogP contribution in [0, 0.1) is 0 Å². The first-order valence-corrected chi connectivity index (χ1v) is 12.7. The van der Waals surface area contributed by atoms with Crippen molar-refractivity contribution in [2.75, 3.05) is 10.6 Å². The number of nitrogens with one attached hydrogen (secondary N) is 4. The van der Waals surface area contributed by atoms with E-state index in [0.717, 1.165) is 23.0 Å². The van der Waals surface area contributed by atoms with Crippen LogP contribution in [-0.4, -0.2) is 37.6 Å². The number of hydrogen-bond donors (Lipinski definition) is 4. The third-order valence-electron chi connectivity index (χ3n) is 6.33. The van der Waals surface area contributed by atoms with E-state index in [1.807, 2.05) is 0 Å². The minimum absolute atomic E-state index is 0.0294. The van der Waals surface area contributed by atoms with Crippen molar-refractivity contribution in [2.24, 2.45) is 0 Å². The van der Waals surface area contributed by atoms with Crippen LogP contribution >= 0.6 is 0 Å². The van der Waals surface area contributed by atoms with Crippen molar-refractivity contribution in [1.82, 2.24) is 25.3 Å². The molecule has 1 aliphatic rings. The van der Waals surface area contributed by atoms with Crippen LogP contribution in [0.5, 0.6) is 0 Å². The number of fused-ring (bicyclic) bond motifs is 2. The van der Waals surface area contributed by atoms with E-state index in [1.165, 1.54) is 16.8 Å². The highest BCUT2D eigenvalue weighted by molar-refractivity contribution is 6.06. The van der Waals surface area contributed by atoms with Crippen LogP contribution in [0.4, 0.5) is 29.5 Å². The number of anilines is 2. The lowest BCUT2D eigenvalue weighted by atomic mass is 9.94. The van der Waals surface area contributed by atoms with Crippen LogP contribution in [0.1, 0.15) is 50.6 Å². The number of allylic oxidation sites excluding steroid dienone is 1. The van der Waals surface area contributed by atoms with E-state index in [-0.39, 0.29) is 12.1 Å². The van der Waals surface area contributed by atoms with Gasteiger partial charge in [-0.25, -0.2) is 9.48 Å². The molecule has 4 aromatic rings. The third-order valence-corrected chi connectivity index (χ3v) is 6.33. The van der Waals surface area contributed by atoms with E-state index in [2.05, 4.69) is 31.2 Å². The SMILES string of the molecule is CC1=C(C(=O)Nc2ccc3[nH]ncc3c2)C(c2ccc(C(F)(F)F)cc2)n2nc(CNC(=O)OC(C)(C)C)cc2N1. The van der Waals surface area contributed by atoms with Gasteiger partial charge in [0.1, 0.15) is 17.5 Å². The van der Waals surface area contributed by atoms with Gasteiger partial charge < -0.3 is 20.7 Å². The van der Waals surface area contributed by atoms with Crippen LogP contribution in [0.2, 0.25) is 0 Å². The summed E-state index contributed by atoms with van der Waals surface area (Å²) in [5.74, 6) is 0.0436. The summed E-state index contributed by atoms with van der Waals surface area (Å²) in [5.41, 5.74) is 1.46. The molecule has 0 bridgehead atoms. The predicted octanol–water partition coefficient (Wildman–Crippen LogP) is 5.73. The minimum atomic E-state index is -4.51. The number of H-pyrrole nitrogens is 1. The predicted molar refractivity (Wildman–Crippen MR) is 146 cm³/mol. The van der Waals surface area contributed by atoms with Gasteiger partial charge in [-0.1, -0.05) is 12.1 Å².